The highest BCUT2D eigenvalue weighted by molar-refractivity contribution is 5.78. The third-order valence-electron chi connectivity index (χ3n) is 3.35. The number of nitrogens with zero attached hydrogens (tertiary/aromatic N) is 1. The van der Waals surface area contributed by atoms with Crippen LogP contribution in [0.5, 0.6) is 0 Å². The zero-order chi connectivity index (χ0) is 14.4. The molecule has 1 rings (SSSR count). The number of anilines is 1. The summed E-state index contributed by atoms with van der Waals surface area (Å²) in [6.45, 7) is 8.88. The second-order valence-corrected chi connectivity index (χ2v) is 5.49. The molecule has 0 heterocycles. The number of hydrogen-bond donors (Lipinski definition) is 1. The van der Waals surface area contributed by atoms with Gasteiger partial charge in [-0.15, -0.1) is 0 Å². The van der Waals surface area contributed by atoms with Crippen molar-refractivity contribution in [2.45, 2.75) is 53.1 Å². The van der Waals surface area contributed by atoms with Gasteiger partial charge in [0, 0.05) is 24.2 Å². The van der Waals surface area contributed by atoms with E-state index in [9.17, 15) is 4.79 Å². The van der Waals surface area contributed by atoms with E-state index in [2.05, 4.69) is 20.8 Å². The molecular weight excluding hydrogens is 236 g/mol. The molecule has 1 aromatic rings. The summed E-state index contributed by atoms with van der Waals surface area (Å²) in [6.07, 6.45) is 1.98. The molecule has 19 heavy (non-hydrogen) atoms. The smallest absolute Gasteiger partial charge is 0.225 e. The Kier molecular flexibility index (Phi) is 5.87. The number of carbonyl (C=O) groups is 1. The van der Waals surface area contributed by atoms with Crippen LogP contribution in [0, 0.1) is 5.92 Å². The summed E-state index contributed by atoms with van der Waals surface area (Å²) < 4.78 is 0. The first-order valence-electron chi connectivity index (χ1n) is 7.10. The summed E-state index contributed by atoms with van der Waals surface area (Å²) in [6, 6.07) is 7.96. The maximum Gasteiger partial charge on any atom is 0.225 e. The molecule has 1 amide bonds. The summed E-state index contributed by atoms with van der Waals surface area (Å²) in [4.78, 5) is 14.4. The van der Waals surface area contributed by atoms with Crippen LogP contribution in [-0.4, -0.2) is 16.8 Å². The minimum Gasteiger partial charge on any atom is -0.399 e. The molecule has 0 aliphatic rings. The predicted octanol–water partition coefficient (Wildman–Crippen LogP) is 3.44. The molecule has 1 atom stereocenters. The van der Waals surface area contributed by atoms with Crippen molar-refractivity contribution in [3.63, 3.8) is 0 Å². The Bertz CT molecular complexity index is 415. The van der Waals surface area contributed by atoms with E-state index in [1.165, 1.54) is 0 Å². The average molecular weight is 262 g/mol. The fraction of sp³-hybridized carbons (Fsp3) is 0.562. The van der Waals surface area contributed by atoms with Crippen molar-refractivity contribution in [2.75, 3.05) is 5.73 Å². The van der Waals surface area contributed by atoms with Crippen LogP contribution in [0.2, 0.25) is 0 Å². The van der Waals surface area contributed by atoms with E-state index in [-0.39, 0.29) is 17.9 Å². The normalized spacial score (nSPS) is 12.5. The highest BCUT2D eigenvalue weighted by Gasteiger charge is 2.22. The van der Waals surface area contributed by atoms with Crippen molar-refractivity contribution in [1.82, 2.24) is 4.90 Å². The second-order valence-electron chi connectivity index (χ2n) is 5.49. The number of nitrogens with two attached hydrogens (primary N) is 1. The summed E-state index contributed by atoms with van der Waals surface area (Å²) in [7, 11) is 0. The molecule has 0 spiro atoms. The van der Waals surface area contributed by atoms with Crippen LogP contribution < -0.4 is 5.73 Å². The van der Waals surface area contributed by atoms with Gasteiger partial charge in [0.05, 0.1) is 0 Å². The van der Waals surface area contributed by atoms with Crippen molar-refractivity contribution in [2.24, 2.45) is 5.92 Å². The van der Waals surface area contributed by atoms with Crippen LogP contribution in [0.25, 0.3) is 0 Å². The standard InChI is InChI=1S/C16H26N2O/c1-5-7-13(4)16(19)18(12(2)3)11-14-8-6-9-15(17)10-14/h6,8-10,12-13H,5,7,11,17H2,1-4H3. The molecule has 0 aromatic heterocycles. The Morgan fingerprint density at radius 3 is 2.53 bits per heavy atom. The molecule has 1 unspecified atom stereocenters. The van der Waals surface area contributed by atoms with Gasteiger partial charge >= 0.3 is 0 Å². The third kappa shape index (κ3) is 4.58. The van der Waals surface area contributed by atoms with Crippen molar-refractivity contribution in [3.8, 4) is 0 Å². The van der Waals surface area contributed by atoms with Crippen molar-refractivity contribution in [1.29, 1.82) is 0 Å². The largest absolute Gasteiger partial charge is 0.399 e. The Balaban J connectivity index is 2.81. The molecule has 106 valence electrons. The predicted molar refractivity (Wildman–Crippen MR) is 80.6 cm³/mol. The van der Waals surface area contributed by atoms with Crippen LogP contribution in [0.1, 0.15) is 46.1 Å². The molecule has 0 radical (unpaired) electrons. The summed E-state index contributed by atoms with van der Waals surface area (Å²) in [5.41, 5.74) is 7.62. The Hall–Kier alpha value is -1.51. The van der Waals surface area contributed by atoms with Crippen LogP contribution in [0.4, 0.5) is 5.69 Å². The van der Waals surface area contributed by atoms with Crippen LogP contribution >= 0.6 is 0 Å². The Morgan fingerprint density at radius 1 is 1.32 bits per heavy atom. The van der Waals surface area contributed by atoms with Gasteiger partial charge in [0.2, 0.25) is 5.91 Å². The maximum atomic E-state index is 12.5. The van der Waals surface area contributed by atoms with Crippen molar-refractivity contribution >= 4 is 11.6 Å². The highest BCUT2D eigenvalue weighted by atomic mass is 16.2. The molecule has 0 aliphatic carbocycles. The molecule has 1 aromatic carbocycles. The first-order valence-corrected chi connectivity index (χ1v) is 7.10. The Morgan fingerprint density at radius 2 is 2.00 bits per heavy atom. The fourth-order valence-electron chi connectivity index (χ4n) is 2.24. The van der Waals surface area contributed by atoms with Gasteiger partial charge in [-0.3, -0.25) is 4.79 Å². The molecular formula is C16H26N2O. The summed E-state index contributed by atoms with van der Waals surface area (Å²) >= 11 is 0. The van der Waals surface area contributed by atoms with Crippen LogP contribution in [-0.2, 0) is 11.3 Å². The zero-order valence-corrected chi connectivity index (χ0v) is 12.5. The van der Waals surface area contributed by atoms with Crippen molar-refractivity contribution < 1.29 is 4.79 Å². The molecule has 2 N–H and O–H groups in total. The minimum absolute atomic E-state index is 0.0912. The number of carbonyl (C=O) groups excluding carboxylic acids is 1. The SMILES string of the molecule is CCCC(C)C(=O)N(Cc1cccc(N)c1)C(C)C. The van der Waals surface area contributed by atoms with E-state index in [0.717, 1.165) is 24.1 Å². The van der Waals surface area contributed by atoms with Gasteiger partial charge in [-0.25, -0.2) is 0 Å². The molecule has 0 bridgehead atoms. The number of amides is 1. The molecule has 0 saturated heterocycles. The lowest BCUT2D eigenvalue weighted by atomic mass is 10.0. The maximum absolute atomic E-state index is 12.5. The van der Waals surface area contributed by atoms with Gasteiger partial charge in [-0.05, 0) is 38.0 Å². The first-order chi connectivity index (χ1) is 8.95. The van der Waals surface area contributed by atoms with Gasteiger partial charge in [-0.2, -0.15) is 0 Å². The van der Waals surface area contributed by atoms with Gasteiger partial charge in [-0.1, -0.05) is 32.4 Å². The van der Waals surface area contributed by atoms with Crippen molar-refractivity contribution in [3.05, 3.63) is 29.8 Å². The average Bonchev–Trinajstić information content (AvgIpc) is 2.35. The Labute approximate surface area is 116 Å². The monoisotopic (exact) mass is 262 g/mol. The van der Waals surface area contributed by atoms with Gasteiger partial charge in [0.15, 0.2) is 0 Å². The lowest BCUT2D eigenvalue weighted by Crippen LogP contribution is -2.39. The van der Waals surface area contributed by atoms with Crippen LogP contribution in [0.15, 0.2) is 24.3 Å². The first kappa shape index (κ1) is 15.5. The highest BCUT2D eigenvalue weighted by Crippen LogP contribution is 2.17. The summed E-state index contributed by atoms with van der Waals surface area (Å²) in [5.74, 6) is 0.327. The minimum atomic E-state index is 0.0912. The van der Waals surface area contributed by atoms with Gasteiger partial charge < -0.3 is 10.6 Å². The van der Waals surface area contributed by atoms with E-state index in [1.807, 2.05) is 36.1 Å². The molecule has 3 heteroatoms. The third-order valence-corrected chi connectivity index (χ3v) is 3.35. The number of nitrogen functional groups attached to an aromatic ring is 1. The number of rotatable bonds is 6. The molecule has 0 saturated carbocycles. The quantitative estimate of drug-likeness (QED) is 0.798. The van der Waals surface area contributed by atoms with E-state index in [1.54, 1.807) is 0 Å². The lowest BCUT2D eigenvalue weighted by Gasteiger charge is -2.29. The lowest BCUT2D eigenvalue weighted by molar-refractivity contribution is -0.137. The fourth-order valence-corrected chi connectivity index (χ4v) is 2.24. The summed E-state index contributed by atoms with van der Waals surface area (Å²) in [5, 5.41) is 0. The molecule has 0 fully saturated rings. The van der Waals surface area contributed by atoms with E-state index >= 15 is 0 Å². The van der Waals surface area contributed by atoms with E-state index < -0.39 is 0 Å². The second kappa shape index (κ2) is 7.17. The van der Waals surface area contributed by atoms with E-state index in [0.29, 0.717) is 6.54 Å². The van der Waals surface area contributed by atoms with Gasteiger partial charge in [0.25, 0.3) is 0 Å². The number of benzene rings is 1. The molecule has 3 nitrogen and oxygen atoms in total. The number of hydrogen-bond acceptors (Lipinski definition) is 2. The van der Waals surface area contributed by atoms with E-state index in [4.69, 9.17) is 5.73 Å². The zero-order valence-electron chi connectivity index (χ0n) is 12.5. The van der Waals surface area contributed by atoms with Crippen LogP contribution in [0.3, 0.4) is 0 Å². The molecule has 0 aliphatic heterocycles. The van der Waals surface area contributed by atoms with Gasteiger partial charge in [0.1, 0.15) is 0 Å². The topological polar surface area (TPSA) is 46.3 Å².